The number of nitrogens with zero attached hydrogens (tertiary/aromatic N) is 4. The van der Waals surface area contributed by atoms with Crippen molar-refractivity contribution in [3.63, 3.8) is 0 Å². The molecule has 554 valence electrons. The zero-order chi connectivity index (χ0) is 78.9. The quantitative estimate of drug-likeness (QED) is 0.0458. The van der Waals surface area contributed by atoms with E-state index in [1.807, 2.05) is 48.5 Å². The van der Waals surface area contributed by atoms with Gasteiger partial charge in [-0.1, -0.05) is 44.2 Å². The second kappa shape index (κ2) is 32.2. The Morgan fingerprint density at radius 2 is 0.425 bits per heavy atom. The van der Waals surface area contributed by atoms with Crippen molar-refractivity contribution < 1.29 is 76.5 Å². The summed E-state index contributed by atoms with van der Waals surface area (Å²) in [7, 11) is 0. The lowest BCUT2D eigenvalue weighted by molar-refractivity contribution is -0.121. The van der Waals surface area contributed by atoms with Crippen molar-refractivity contribution >= 4 is 116 Å². The van der Waals surface area contributed by atoms with Crippen LogP contribution >= 0.6 is 0 Å². The van der Waals surface area contributed by atoms with Crippen LogP contribution in [0.2, 0.25) is 0 Å². The van der Waals surface area contributed by atoms with Crippen LogP contribution < -0.4 is 59.8 Å². The molecule has 0 aromatic heterocycles. The van der Waals surface area contributed by atoms with E-state index in [0.717, 1.165) is 30.7 Å². The molecule has 0 fully saturated rings. The van der Waals surface area contributed by atoms with Crippen molar-refractivity contribution in [2.75, 3.05) is 40.9 Å². The van der Waals surface area contributed by atoms with Crippen molar-refractivity contribution in [2.45, 2.75) is 19.3 Å². The number of hydrogen-bond acceptors (Lipinski definition) is 16. The Labute approximate surface area is 644 Å². The Morgan fingerprint density at radius 3 is 0.664 bits per heavy atom. The molecule has 0 unspecified atom stereocenters. The fourth-order valence-corrected chi connectivity index (χ4v) is 12.1. The molecule has 0 atom stereocenters. The summed E-state index contributed by atoms with van der Waals surface area (Å²) in [6, 6.07) is 75.0. The number of benzene rings is 11. The van der Waals surface area contributed by atoms with Crippen LogP contribution in [0.1, 0.15) is 66.4 Å². The molecule has 24 nitrogen and oxygen atoms in total. The van der Waals surface area contributed by atoms with Crippen LogP contribution in [-0.2, 0) is 43.8 Å². The largest absolute Gasteiger partial charge is 0.457 e. The average Bonchev–Trinajstić information content (AvgIpc) is 1.61. The third kappa shape index (κ3) is 17.2. The van der Waals surface area contributed by atoms with E-state index < -0.39 is 47.3 Å². The number of nitrogens with one attached hydrogen (secondary N) is 4. The molecule has 0 bridgehead atoms. The lowest BCUT2D eigenvalue weighted by Crippen LogP contribution is -2.29. The number of amides is 12. The maximum absolute atomic E-state index is 12.9. The summed E-state index contributed by atoms with van der Waals surface area (Å²) < 4.78 is 24.1. The van der Waals surface area contributed by atoms with Gasteiger partial charge < -0.3 is 40.2 Å². The van der Waals surface area contributed by atoms with Gasteiger partial charge in [0.15, 0.2) is 0 Å². The Balaban J connectivity index is 0.000000190. The van der Waals surface area contributed by atoms with Gasteiger partial charge >= 0.3 is 0 Å². The van der Waals surface area contributed by atoms with E-state index in [2.05, 4.69) is 35.1 Å². The van der Waals surface area contributed by atoms with E-state index in [-0.39, 0.29) is 29.0 Å². The van der Waals surface area contributed by atoms with E-state index in [4.69, 9.17) is 18.9 Å². The molecule has 4 aliphatic rings. The normalized spacial score (nSPS) is 13.5. The summed E-state index contributed by atoms with van der Waals surface area (Å²) in [6.07, 6.45) is 9.66. The smallest absolute Gasteiger partial charge is 0.258 e. The number of ether oxygens (including phenoxy) is 4. The van der Waals surface area contributed by atoms with Gasteiger partial charge in [-0.25, -0.2) is 19.6 Å². The fourth-order valence-electron chi connectivity index (χ4n) is 12.1. The predicted octanol–water partition coefficient (Wildman–Crippen LogP) is 15.6. The minimum atomic E-state index is -0.433. The van der Waals surface area contributed by atoms with Gasteiger partial charge in [0.1, 0.15) is 46.0 Å². The molecule has 0 radical (unpaired) electrons. The summed E-state index contributed by atoms with van der Waals surface area (Å²) in [6.45, 7) is 4.27. The zero-order valence-electron chi connectivity index (χ0n) is 59.8. The van der Waals surface area contributed by atoms with Crippen LogP contribution in [0.15, 0.2) is 316 Å². The fraction of sp³-hybridized carbons (Fsp3) is 0.0337. The molecular weight excluding hydrogens is 1440 g/mol. The molecule has 0 saturated carbocycles. The van der Waals surface area contributed by atoms with E-state index >= 15 is 0 Å². The van der Waals surface area contributed by atoms with Gasteiger partial charge in [-0.15, -0.1) is 0 Å². The van der Waals surface area contributed by atoms with Crippen molar-refractivity contribution in [3.05, 3.63) is 349 Å². The van der Waals surface area contributed by atoms with Gasteiger partial charge in [-0.2, -0.15) is 0 Å². The SMILES string of the molecule is CC(C)(c1ccc(Oc2ccc(NC(=O)c3ccc(N4C(=O)C=CC4=O)cc3)cc2)cc1)c1ccc(Oc2ccc(C(=O)Nc3ccc(N4C(=O)C=CC4=O)cc3)cc2)cc1.O=C(Nc1ccc(N2C(=O)C=CC2=O)cc1)c1ccc(Oc2cccc(Oc3ccc(NC(=O)c4ccc(N5C(=O)C=CC5=O)cc4)cc3)c2)cc1. The first-order chi connectivity index (χ1) is 54.6. The highest BCUT2D eigenvalue weighted by Crippen LogP contribution is 2.37. The maximum atomic E-state index is 12.9. The summed E-state index contributed by atoms with van der Waals surface area (Å²) in [5.74, 6) is -0.278. The van der Waals surface area contributed by atoms with Gasteiger partial charge in [-0.05, 0) is 242 Å². The first-order valence-corrected chi connectivity index (χ1v) is 34.9. The minimum Gasteiger partial charge on any atom is -0.457 e. The minimum absolute atomic E-state index is 0.323. The second-order valence-corrected chi connectivity index (χ2v) is 26.0. The van der Waals surface area contributed by atoms with Crippen molar-refractivity contribution in [1.82, 2.24) is 0 Å². The summed E-state index contributed by atoms with van der Waals surface area (Å²) in [5, 5.41) is 11.3. The summed E-state index contributed by atoms with van der Waals surface area (Å²) in [5.41, 5.74) is 7.07. The van der Waals surface area contributed by atoms with Crippen LogP contribution in [-0.4, -0.2) is 70.9 Å². The molecule has 0 spiro atoms. The molecule has 11 aromatic rings. The van der Waals surface area contributed by atoms with E-state index in [1.165, 1.54) is 72.9 Å². The monoisotopic (exact) mass is 1500 g/mol. The number of carbonyl (C=O) groups is 12. The molecule has 24 heteroatoms. The first-order valence-electron chi connectivity index (χ1n) is 34.9. The molecule has 0 aliphatic carbocycles. The van der Waals surface area contributed by atoms with Gasteiger partial charge in [0.25, 0.3) is 70.9 Å². The molecule has 15 rings (SSSR count). The standard InChI is InChI=1S/C49H36N4O8.C40H26N4O8/c1-49(2,33-7-21-40(22-8-33)60-39-19-5-32(6-20-39)48(59)50-35-11-17-38(18-12-35)53-45(56)29-30-46(53)57)34-9-23-41(24-10-34)61-42-25-13-36(14-26-42)51-47(58)31-3-15-37(16-4-31)52-43(54)27-28-44(52)55;45-35-20-21-36(46)43(35)29-12-4-25(5-13-29)39(49)42-28-10-18-32(19-11-28)52-34-3-1-2-33(24-34)51-31-16-6-26(7-17-31)40(50)41-27-8-14-30(15-9-27)44-37(47)22-23-38(44)48/h3-30H,1-2H3,(H,50,59)(H,51,58);1-24H,(H,41,50)(H,42,49). The molecule has 4 aliphatic heterocycles. The number of carbonyl (C=O) groups excluding carboxylic acids is 12. The van der Waals surface area contributed by atoms with Gasteiger partial charge in [0.05, 0.1) is 22.7 Å². The Bertz CT molecular complexity index is 5680. The van der Waals surface area contributed by atoms with Gasteiger partial charge in [-0.3, -0.25) is 57.5 Å². The van der Waals surface area contributed by atoms with Crippen LogP contribution in [0.4, 0.5) is 45.5 Å². The zero-order valence-corrected chi connectivity index (χ0v) is 59.8. The molecule has 12 amide bonds. The number of anilines is 8. The Kier molecular flexibility index (Phi) is 21.1. The third-order valence-corrected chi connectivity index (χ3v) is 18.1. The number of imide groups is 4. The Morgan fingerprint density at radius 1 is 0.239 bits per heavy atom. The van der Waals surface area contributed by atoms with Crippen LogP contribution in [0.5, 0.6) is 46.0 Å². The van der Waals surface area contributed by atoms with Crippen LogP contribution in [0.3, 0.4) is 0 Å². The molecule has 4 N–H and O–H groups in total. The average molecular weight is 1500 g/mol. The number of hydrogen-bond donors (Lipinski definition) is 4. The molecular formula is C89H62N8O16. The highest BCUT2D eigenvalue weighted by Gasteiger charge is 2.30. The lowest BCUT2D eigenvalue weighted by atomic mass is 9.78. The highest BCUT2D eigenvalue weighted by molar-refractivity contribution is 6.30. The predicted molar refractivity (Wildman–Crippen MR) is 422 cm³/mol. The third-order valence-electron chi connectivity index (χ3n) is 18.1. The van der Waals surface area contributed by atoms with Crippen LogP contribution in [0, 0.1) is 0 Å². The van der Waals surface area contributed by atoms with Crippen molar-refractivity contribution in [1.29, 1.82) is 0 Å². The van der Waals surface area contributed by atoms with E-state index in [0.29, 0.717) is 114 Å². The Hall–Kier alpha value is -16.0. The first kappa shape index (κ1) is 73.9. The molecule has 11 aromatic carbocycles. The maximum Gasteiger partial charge on any atom is 0.258 e. The lowest BCUT2D eigenvalue weighted by Gasteiger charge is -2.26. The summed E-state index contributed by atoms with van der Waals surface area (Å²) >= 11 is 0. The van der Waals surface area contributed by atoms with E-state index in [9.17, 15) is 57.5 Å². The van der Waals surface area contributed by atoms with Gasteiger partial charge in [0.2, 0.25) is 0 Å². The number of rotatable bonds is 22. The highest BCUT2D eigenvalue weighted by atomic mass is 16.5. The van der Waals surface area contributed by atoms with Crippen molar-refractivity contribution in [3.8, 4) is 46.0 Å². The van der Waals surface area contributed by atoms with Crippen molar-refractivity contribution in [2.24, 2.45) is 0 Å². The topological polar surface area (TPSA) is 303 Å². The van der Waals surface area contributed by atoms with E-state index in [1.54, 1.807) is 194 Å². The molecule has 113 heavy (non-hydrogen) atoms. The van der Waals surface area contributed by atoms with Gasteiger partial charge in [0, 0.05) is 105 Å². The summed E-state index contributed by atoms with van der Waals surface area (Å²) in [4.78, 5) is 151. The van der Waals surface area contributed by atoms with Crippen LogP contribution in [0.25, 0.3) is 0 Å². The molecule has 0 saturated heterocycles. The second-order valence-electron chi connectivity index (χ2n) is 26.0. The molecule has 4 heterocycles.